The molecule has 0 spiro atoms. The zero-order valence-corrected chi connectivity index (χ0v) is 39.7. The van der Waals surface area contributed by atoms with Crippen molar-refractivity contribution in [1.29, 1.82) is 0 Å². The molecule has 1 unspecified atom stereocenters. The fraction of sp³-hybridized carbons (Fsp3) is 0.0286. The van der Waals surface area contributed by atoms with Crippen LogP contribution in [0.3, 0.4) is 0 Å². The smallest absolute Gasteiger partial charge is 0.0468 e. The van der Waals surface area contributed by atoms with Gasteiger partial charge in [-0.3, -0.25) is 0 Å². The van der Waals surface area contributed by atoms with Gasteiger partial charge in [0.15, 0.2) is 0 Å². The lowest BCUT2D eigenvalue weighted by Gasteiger charge is -2.31. The number of hydrogen-bond donors (Lipinski definition) is 0. The van der Waals surface area contributed by atoms with Gasteiger partial charge in [0, 0.05) is 40.1 Å². The van der Waals surface area contributed by atoms with Gasteiger partial charge in [0.2, 0.25) is 0 Å². The minimum Gasteiger partial charge on any atom is -0.311 e. The van der Waals surface area contributed by atoms with Crippen LogP contribution in [0.1, 0.15) is 6.42 Å². The van der Waals surface area contributed by atoms with Crippen molar-refractivity contribution in [2.24, 2.45) is 5.92 Å². The molecular formula is C70H48N2. The Kier molecular flexibility index (Phi) is 10.0. The average Bonchev–Trinajstić information content (AvgIpc) is 3.44. The summed E-state index contributed by atoms with van der Waals surface area (Å²) in [6, 6.07) is 87.7. The van der Waals surface area contributed by atoms with E-state index in [1.807, 2.05) is 0 Å². The van der Waals surface area contributed by atoms with Gasteiger partial charge in [0.05, 0.1) is 0 Å². The van der Waals surface area contributed by atoms with Crippen LogP contribution in [0.2, 0.25) is 0 Å². The van der Waals surface area contributed by atoms with Crippen LogP contribution in [-0.2, 0) is 0 Å². The highest BCUT2D eigenvalue weighted by Gasteiger charge is 2.25. The van der Waals surface area contributed by atoms with E-state index in [0.29, 0.717) is 5.92 Å². The summed E-state index contributed by atoms with van der Waals surface area (Å²) in [5.74, 6) is 0.386. The minimum atomic E-state index is 0.386. The number of anilines is 5. The lowest BCUT2D eigenvalue weighted by atomic mass is 9.84. The Bertz CT molecular complexity index is 4180. The number of nitrogens with zero attached hydrogens (tertiary/aromatic N) is 2. The molecule has 338 valence electrons. The molecule has 0 radical (unpaired) electrons. The van der Waals surface area contributed by atoms with E-state index in [0.717, 1.165) is 34.9 Å². The standard InChI is InChI=1S/C70H48N2/c1-2-20-52(21-3-1)69-65-39-37-62(72(59-35-31-49-17-6-10-24-55(49)43-59)60-36-32-50-18-7-11-25-56(50)44-60)46-68(65)70(64-28-14-26-51-19-12-13-27-63(51)64)66-40-38-61(45-67(66)69)71(57-33-29-47-15-4-8-22-53(47)41-57)58-34-30-48-16-5-9-23-54(48)42-58/h1-29,31-46,48H,30H2. The Morgan fingerprint density at radius 2 is 0.819 bits per heavy atom. The Hall–Kier alpha value is -9.24. The fourth-order valence-electron chi connectivity index (χ4n) is 11.6. The Labute approximate surface area is 419 Å². The van der Waals surface area contributed by atoms with Crippen molar-refractivity contribution in [1.82, 2.24) is 0 Å². The van der Waals surface area contributed by atoms with Crippen LogP contribution >= 0.6 is 0 Å². The summed E-state index contributed by atoms with van der Waals surface area (Å²) >= 11 is 0. The Morgan fingerprint density at radius 3 is 1.46 bits per heavy atom. The zero-order valence-electron chi connectivity index (χ0n) is 39.7. The maximum absolute atomic E-state index is 2.48. The first kappa shape index (κ1) is 41.7. The zero-order chi connectivity index (χ0) is 47.5. The van der Waals surface area contributed by atoms with E-state index in [9.17, 15) is 0 Å². The lowest BCUT2D eigenvalue weighted by Crippen LogP contribution is -2.19. The van der Waals surface area contributed by atoms with Crippen molar-refractivity contribution in [2.45, 2.75) is 6.42 Å². The van der Waals surface area contributed by atoms with E-state index < -0.39 is 0 Å². The molecule has 0 saturated heterocycles. The maximum atomic E-state index is 2.48. The van der Waals surface area contributed by atoms with Gasteiger partial charge in [-0.25, -0.2) is 0 Å². The molecule has 0 N–H and O–H groups in total. The number of allylic oxidation sites excluding steroid dienone is 7. The highest BCUT2D eigenvalue weighted by molar-refractivity contribution is 6.24. The first-order valence-corrected chi connectivity index (χ1v) is 25.1. The van der Waals surface area contributed by atoms with Gasteiger partial charge < -0.3 is 9.80 Å². The molecule has 2 aliphatic rings. The Morgan fingerprint density at radius 1 is 0.333 bits per heavy atom. The third-order valence-electron chi connectivity index (χ3n) is 15.0. The molecule has 0 aromatic heterocycles. The lowest BCUT2D eigenvalue weighted by molar-refractivity contribution is 0.768. The van der Waals surface area contributed by atoms with Crippen molar-refractivity contribution >= 4 is 93.1 Å². The molecule has 0 heterocycles. The third-order valence-corrected chi connectivity index (χ3v) is 15.0. The van der Waals surface area contributed by atoms with E-state index >= 15 is 0 Å². The molecule has 12 aromatic rings. The number of rotatable bonds is 8. The highest BCUT2D eigenvalue weighted by Crippen LogP contribution is 2.50. The van der Waals surface area contributed by atoms with E-state index in [4.69, 9.17) is 0 Å². The summed E-state index contributed by atoms with van der Waals surface area (Å²) < 4.78 is 0. The van der Waals surface area contributed by atoms with Gasteiger partial charge in [-0.2, -0.15) is 0 Å². The predicted octanol–water partition coefficient (Wildman–Crippen LogP) is 19.5. The first-order valence-electron chi connectivity index (χ1n) is 25.1. The fourth-order valence-corrected chi connectivity index (χ4v) is 11.6. The second-order valence-corrected chi connectivity index (χ2v) is 19.2. The second kappa shape index (κ2) is 17.3. The monoisotopic (exact) mass is 916 g/mol. The summed E-state index contributed by atoms with van der Waals surface area (Å²) in [5.41, 5.74) is 12.9. The molecule has 0 aliphatic heterocycles. The number of fused-ring (bicyclic) bond motifs is 7. The van der Waals surface area contributed by atoms with E-state index in [1.54, 1.807) is 0 Å². The largest absolute Gasteiger partial charge is 0.311 e. The molecule has 72 heavy (non-hydrogen) atoms. The maximum Gasteiger partial charge on any atom is 0.0468 e. The molecule has 2 heteroatoms. The van der Waals surface area contributed by atoms with Gasteiger partial charge >= 0.3 is 0 Å². The van der Waals surface area contributed by atoms with Crippen LogP contribution in [0, 0.1) is 5.92 Å². The van der Waals surface area contributed by atoms with Crippen molar-refractivity contribution in [3.05, 3.63) is 284 Å². The van der Waals surface area contributed by atoms with Gasteiger partial charge in [-0.15, -0.1) is 0 Å². The van der Waals surface area contributed by atoms with Crippen LogP contribution in [0.15, 0.2) is 284 Å². The number of benzene rings is 12. The second-order valence-electron chi connectivity index (χ2n) is 19.2. The van der Waals surface area contributed by atoms with Crippen LogP contribution in [-0.4, -0.2) is 0 Å². The molecular weight excluding hydrogens is 869 g/mol. The van der Waals surface area contributed by atoms with Crippen LogP contribution < -0.4 is 9.80 Å². The quantitative estimate of drug-likeness (QED) is 0.140. The summed E-state index contributed by atoms with van der Waals surface area (Å²) in [4.78, 5) is 4.92. The van der Waals surface area contributed by atoms with Crippen molar-refractivity contribution < 1.29 is 0 Å². The average molecular weight is 917 g/mol. The topological polar surface area (TPSA) is 6.48 Å². The van der Waals surface area contributed by atoms with E-state index in [1.165, 1.54) is 98.2 Å². The summed E-state index contributed by atoms with van der Waals surface area (Å²) in [6.45, 7) is 0. The molecule has 2 aliphatic carbocycles. The normalized spacial score (nSPS) is 14.2. The molecule has 0 fully saturated rings. The van der Waals surface area contributed by atoms with Crippen molar-refractivity contribution in [3.8, 4) is 22.3 Å². The molecule has 0 saturated carbocycles. The van der Waals surface area contributed by atoms with Crippen LogP contribution in [0.4, 0.5) is 28.4 Å². The predicted molar refractivity (Wildman–Crippen MR) is 308 cm³/mol. The Balaban J connectivity index is 1.07. The minimum absolute atomic E-state index is 0.386. The highest BCUT2D eigenvalue weighted by atomic mass is 15.2. The van der Waals surface area contributed by atoms with E-state index in [-0.39, 0.29) is 0 Å². The molecule has 0 bridgehead atoms. The molecule has 12 aromatic carbocycles. The molecule has 14 rings (SSSR count). The van der Waals surface area contributed by atoms with Crippen LogP contribution in [0.25, 0.3) is 86.9 Å². The molecule has 0 amide bonds. The van der Waals surface area contributed by atoms with Gasteiger partial charge in [-0.05, 0) is 166 Å². The number of hydrogen-bond acceptors (Lipinski definition) is 2. The first-order chi connectivity index (χ1) is 35.7. The summed E-state index contributed by atoms with van der Waals surface area (Å²) in [7, 11) is 0. The van der Waals surface area contributed by atoms with Crippen molar-refractivity contribution in [2.75, 3.05) is 9.80 Å². The van der Waals surface area contributed by atoms with Crippen LogP contribution in [0.5, 0.6) is 0 Å². The third kappa shape index (κ3) is 7.19. The molecule has 2 nitrogen and oxygen atoms in total. The van der Waals surface area contributed by atoms with Crippen molar-refractivity contribution in [3.63, 3.8) is 0 Å². The molecule has 1 atom stereocenters. The van der Waals surface area contributed by atoms with Gasteiger partial charge in [0.25, 0.3) is 0 Å². The van der Waals surface area contributed by atoms with Gasteiger partial charge in [-0.1, -0.05) is 206 Å². The summed E-state index contributed by atoms with van der Waals surface area (Å²) in [5, 5.41) is 14.6. The SMILES string of the molecule is C1=CC2=CC(N(c3ccc4ccccc4c3)c3ccc4c(-c5cccc6ccccc56)c5cc(N(c6ccc7ccccc7c6)c6ccc7ccccc7c6)ccc5c(-c5ccccc5)c4c3)=CCC2C=C1. The van der Waals surface area contributed by atoms with E-state index in [2.05, 4.69) is 283 Å². The van der Waals surface area contributed by atoms with Gasteiger partial charge in [0.1, 0.15) is 0 Å². The summed E-state index contributed by atoms with van der Waals surface area (Å²) in [6.07, 6.45) is 14.7.